The number of aromatic carboxylic acids is 1. The zero-order valence-electron chi connectivity index (χ0n) is 8.73. The molecule has 1 aliphatic heterocycles. The molecule has 6 heteroatoms. The van der Waals surface area contributed by atoms with Crippen molar-refractivity contribution in [3.63, 3.8) is 0 Å². The van der Waals surface area contributed by atoms with Crippen molar-refractivity contribution < 1.29 is 19.4 Å². The fourth-order valence-electron chi connectivity index (χ4n) is 1.63. The van der Waals surface area contributed by atoms with E-state index < -0.39 is 5.97 Å². The van der Waals surface area contributed by atoms with Gasteiger partial charge in [-0.2, -0.15) is 0 Å². The van der Waals surface area contributed by atoms with Crippen LogP contribution in [0.4, 0.5) is 0 Å². The Morgan fingerprint density at radius 1 is 1.56 bits per heavy atom. The lowest BCUT2D eigenvalue weighted by Gasteiger charge is -2.02. The van der Waals surface area contributed by atoms with E-state index in [9.17, 15) is 9.59 Å². The number of hydrogen-bond acceptors (Lipinski definition) is 5. The molecule has 1 fully saturated rings. The topological polar surface area (TPSA) is 76.5 Å². The van der Waals surface area contributed by atoms with Gasteiger partial charge in [0, 0.05) is 13.5 Å². The molecule has 0 aromatic carbocycles. The summed E-state index contributed by atoms with van der Waals surface area (Å²) in [5, 5.41) is 9.52. The van der Waals surface area contributed by atoms with Gasteiger partial charge < -0.3 is 9.84 Å². The molecule has 1 unspecified atom stereocenters. The van der Waals surface area contributed by atoms with Gasteiger partial charge in [-0.25, -0.2) is 9.78 Å². The van der Waals surface area contributed by atoms with E-state index >= 15 is 0 Å². The third-order valence-electron chi connectivity index (χ3n) is 2.37. The Hall–Kier alpha value is -1.27. The van der Waals surface area contributed by atoms with Gasteiger partial charge in [-0.05, 0) is 12.8 Å². The smallest absolute Gasteiger partial charge is 0.356 e. The summed E-state index contributed by atoms with van der Waals surface area (Å²) in [6.45, 7) is 2.02. The Labute approximate surface area is 96.1 Å². The van der Waals surface area contributed by atoms with Crippen LogP contribution in [-0.2, 0) is 4.74 Å². The number of hydrogen-bond donors (Lipinski definition) is 1. The van der Waals surface area contributed by atoms with Crippen LogP contribution in [0, 0.1) is 0 Å². The largest absolute Gasteiger partial charge is 0.476 e. The average molecular weight is 241 g/mol. The molecule has 0 saturated carbocycles. The predicted molar refractivity (Wildman–Crippen MR) is 57.0 cm³/mol. The van der Waals surface area contributed by atoms with Crippen LogP contribution in [-0.4, -0.2) is 28.4 Å². The van der Waals surface area contributed by atoms with Crippen LogP contribution < -0.4 is 0 Å². The van der Waals surface area contributed by atoms with Gasteiger partial charge in [0.05, 0.1) is 0 Å². The number of rotatable bonds is 3. The first kappa shape index (κ1) is 11.2. The molecule has 0 spiro atoms. The van der Waals surface area contributed by atoms with Crippen LogP contribution in [0.25, 0.3) is 0 Å². The first-order chi connectivity index (χ1) is 7.59. The summed E-state index contributed by atoms with van der Waals surface area (Å²) in [6, 6.07) is 0. The van der Waals surface area contributed by atoms with Crippen molar-refractivity contribution in [2.24, 2.45) is 0 Å². The van der Waals surface area contributed by atoms with Crippen molar-refractivity contribution in [2.75, 3.05) is 6.61 Å². The summed E-state index contributed by atoms with van der Waals surface area (Å²) in [5.74, 6) is -1.43. The highest BCUT2D eigenvalue weighted by molar-refractivity contribution is 7.14. The number of ketones is 1. The lowest BCUT2D eigenvalue weighted by atomic mass is 10.2. The Kier molecular flexibility index (Phi) is 3.02. The summed E-state index contributed by atoms with van der Waals surface area (Å²) < 4.78 is 5.41. The van der Waals surface area contributed by atoms with Crippen molar-refractivity contribution >= 4 is 23.1 Å². The molecule has 0 aliphatic carbocycles. The maximum absolute atomic E-state index is 11.3. The fraction of sp³-hybridized carbons (Fsp3) is 0.500. The van der Waals surface area contributed by atoms with E-state index in [1.54, 1.807) is 0 Å². The number of Topliss-reactive ketones (excluding diaryl/α,β-unsaturated/α-hetero) is 1. The average Bonchev–Trinajstić information content (AvgIpc) is 2.86. The molecule has 1 aromatic rings. The third kappa shape index (κ3) is 1.98. The zero-order valence-corrected chi connectivity index (χ0v) is 9.54. The van der Waals surface area contributed by atoms with Crippen LogP contribution in [0.5, 0.6) is 0 Å². The molecule has 5 nitrogen and oxygen atoms in total. The summed E-state index contributed by atoms with van der Waals surface area (Å²) >= 11 is 1.13. The molecular formula is C10H11NO4S. The standard InChI is InChI=1S/C10H11NO4S/c1-5(12)8-7(10(13)14)11-9(16-8)6-3-2-4-15-6/h6H,2-4H2,1H3,(H,13,14). The maximum Gasteiger partial charge on any atom is 0.356 e. The zero-order chi connectivity index (χ0) is 11.7. The van der Waals surface area contributed by atoms with Crippen molar-refractivity contribution in [2.45, 2.75) is 25.9 Å². The lowest BCUT2D eigenvalue weighted by Crippen LogP contribution is -2.04. The highest BCUT2D eigenvalue weighted by Crippen LogP contribution is 2.33. The molecule has 0 radical (unpaired) electrons. The van der Waals surface area contributed by atoms with Crippen molar-refractivity contribution in [3.8, 4) is 0 Å². The number of carboxylic acids is 1. The summed E-state index contributed by atoms with van der Waals surface area (Å²) in [4.78, 5) is 26.4. The van der Waals surface area contributed by atoms with Crippen molar-refractivity contribution in [1.29, 1.82) is 0 Å². The first-order valence-electron chi connectivity index (χ1n) is 4.96. The molecule has 1 saturated heterocycles. The molecule has 0 amide bonds. The van der Waals surface area contributed by atoms with E-state index in [-0.39, 0.29) is 22.5 Å². The van der Waals surface area contributed by atoms with E-state index in [1.165, 1.54) is 6.92 Å². The molecule has 2 heterocycles. The quantitative estimate of drug-likeness (QED) is 0.818. The van der Waals surface area contributed by atoms with Gasteiger partial charge in [0.2, 0.25) is 0 Å². The Balaban J connectivity index is 2.37. The van der Waals surface area contributed by atoms with Gasteiger partial charge in [-0.1, -0.05) is 0 Å². The van der Waals surface area contributed by atoms with Gasteiger partial charge in [-0.15, -0.1) is 11.3 Å². The van der Waals surface area contributed by atoms with E-state index in [1.807, 2.05) is 0 Å². The summed E-state index contributed by atoms with van der Waals surface area (Å²) in [5.41, 5.74) is -0.150. The SMILES string of the molecule is CC(=O)c1sc(C2CCCO2)nc1C(=O)O. The van der Waals surface area contributed by atoms with Gasteiger partial charge in [-0.3, -0.25) is 4.79 Å². The molecule has 0 bridgehead atoms. The highest BCUT2D eigenvalue weighted by Gasteiger charge is 2.27. The Bertz CT molecular complexity index is 403. The molecule has 1 atom stereocenters. The number of ether oxygens (including phenoxy) is 1. The van der Waals surface area contributed by atoms with Gasteiger partial charge in [0.15, 0.2) is 11.5 Å². The third-order valence-corrected chi connectivity index (χ3v) is 3.62. The number of carbonyl (C=O) groups excluding carboxylic acids is 1. The van der Waals surface area contributed by atoms with E-state index in [0.29, 0.717) is 11.6 Å². The van der Waals surface area contributed by atoms with E-state index in [2.05, 4.69) is 4.98 Å². The second kappa shape index (κ2) is 4.31. The second-order valence-corrected chi connectivity index (χ2v) is 4.62. The van der Waals surface area contributed by atoms with Crippen LogP contribution in [0.15, 0.2) is 0 Å². The van der Waals surface area contributed by atoms with Crippen molar-refractivity contribution in [1.82, 2.24) is 4.98 Å². The molecule has 2 rings (SSSR count). The van der Waals surface area contributed by atoms with Crippen LogP contribution in [0.3, 0.4) is 0 Å². The molecule has 1 N–H and O–H groups in total. The normalized spacial score (nSPS) is 19.9. The number of aromatic nitrogens is 1. The summed E-state index contributed by atoms with van der Waals surface area (Å²) in [6.07, 6.45) is 1.64. The lowest BCUT2D eigenvalue weighted by molar-refractivity contribution is 0.0685. The van der Waals surface area contributed by atoms with E-state index in [4.69, 9.17) is 9.84 Å². The summed E-state index contributed by atoms with van der Waals surface area (Å²) in [7, 11) is 0. The highest BCUT2D eigenvalue weighted by atomic mass is 32.1. The second-order valence-electron chi connectivity index (χ2n) is 3.59. The molecule has 86 valence electrons. The van der Waals surface area contributed by atoms with Crippen LogP contribution in [0.2, 0.25) is 0 Å². The minimum absolute atomic E-state index is 0.142. The van der Waals surface area contributed by atoms with Gasteiger partial charge in [0.25, 0.3) is 0 Å². The number of carbonyl (C=O) groups is 2. The van der Waals surface area contributed by atoms with Crippen LogP contribution >= 0.6 is 11.3 Å². The Morgan fingerprint density at radius 2 is 2.31 bits per heavy atom. The Morgan fingerprint density at radius 3 is 2.75 bits per heavy atom. The minimum Gasteiger partial charge on any atom is -0.476 e. The van der Waals surface area contributed by atoms with E-state index in [0.717, 1.165) is 24.2 Å². The van der Waals surface area contributed by atoms with Crippen molar-refractivity contribution in [3.05, 3.63) is 15.6 Å². The first-order valence-corrected chi connectivity index (χ1v) is 5.78. The maximum atomic E-state index is 11.3. The number of nitrogens with zero attached hydrogens (tertiary/aromatic N) is 1. The minimum atomic E-state index is -1.16. The monoisotopic (exact) mass is 241 g/mol. The molecule has 1 aliphatic rings. The van der Waals surface area contributed by atoms with Gasteiger partial charge >= 0.3 is 5.97 Å². The van der Waals surface area contributed by atoms with Crippen LogP contribution in [0.1, 0.15) is 51.0 Å². The molecular weight excluding hydrogens is 230 g/mol. The molecule has 16 heavy (non-hydrogen) atoms. The molecule has 1 aromatic heterocycles. The fourth-order valence-corrected chi connectivity index (χ4v) is 2.67. The van der Waals surface area contributed by atoms with Gasteiger partial charge in [0.1, 0.15) is 16.0 Å². The number of carboxylic acid groups (broad SMARTS) is 1. The number of thiazole rings is 1. The predicted octanol–water partition coefficient (Wildman–Crippen LogP) is 1.90.